The van der Waals surface area contributed by atoms with Gasteiger partial charge in [0.2, 0.25) is 15.7 Å². The third-order valence-electron chi connectivity index (χ3n) is 5.20. The van der Waals surface area contributed by atoms with E-state index in [1.807, 2.05) is 17.1 Å². The zero-order valence-corrected chi connectivity index (χ0v) is 18.1. The summed E-state index contributed by atoms with van der Waals surface area (Å²) in [6.07, 6.45) is 3.45. The first-order chi connectivity index (χ1) is 15.0. The summed E-state index contributed by atoms with van der Waals surface area (Å²) in [7, 11) is -0.355. The van der Waals surface area contributed by atoms with Crippen LogP contribution in [0.2, 0.25) is 0 Å². The van der Waals surface area contributed by atoms with Crippen LogP contribution in [0.4, 0.5) is 0 Å². The molecule has 2 heterocycles. The first-order valence-electron chi connectivity index (χ1n) is 9.75. The number of rotatable bonds is 7. The number of hydrazone groups is 1. The second-order valence-corrected chi connectivity index (χ2v) is 9.07. The fourth-order valence-electron chi connectivity index (χ4n) is 3.50. The molecular formula is C23H23N3O4S. The first kappa shape index (κ1) is 21.0. The topological polar surface area (TPSA) is 81.1 Å². The Labute approximate surface area is 181 Å². The number of methoxy groups -OCH3 is 2. The lowest BCUT2D eigenvalue weighted by atomic mass is 10.0. The number of fused-ring (bicyclic) bond motifs is 1. The molecule has 0 N–H and O–H groups in total. The summed E-state index contributed by atoms with van der Waals surface area (Å²) in [5, 5.41) is 6.50. The van der Waals surface area contributed by atoms with Gasteiger partial charge in [-0.15, -0.1) is 0 Å². The predicted molar refractivity (Wildman–Crippen MR) is 117 cm³/mol. The summed E-state index contributed by atoms with van der Waals surface area (Å²) >= 11 is 0. The van der Waals surface area contributed by atoms with Crippen molar-refractivity contribution in [3.63, 3.8) is 0 Å². The zero-order valence-electron chi connectivity index (χ0n) is 17.3. The molecule has 1 unspecified atom stereocenters. The molecule has 0 saturated heterocycles. The maximum atomic E-state index is 12.9. The Morgan fingerprint density at radius 1 is 1.03 bits per heavy atom. The van der Waals surface area contributed by atoms with Crippen LogP contribution in [-0.2, 0) is 21.1 Å². The van der Waals surface area contributed by atoms with Gasteiger partial charge in [-0.25, -0.2) is 13.4 Å². The molecule has 1 atom stereocenters. The fraction of sp³-hybridized carbons (Fsp3) is 0.217. The van der Waals surface area contributed by atoms with Gasteiger partial charge in [0.25, 0.3) is 0 Å². The van der Waals surface area contributed by atoms with E-state index < -0.39 is 9.84 Å². The Balaban J connectivity index is 1.61. The molecule has 2 aromatic carbocycles. The van der Waals surface area contributed by atoms with Gasteiger partial charge < -0.3 is 9.47 Å². The molecule has 0 spiro atoms. The van der Waals surface area contributed by atoms with E-state index in [4.69, 9.17) is 9.47 Å². The maximum Gasteiger partial charge on any atom is 0.212 e. The molecule has 7 nitrogen and oxygen atoms in total. The van der Waals surface area contributed by atoms with Crippen molar-refractivity contribution in [2.24, 2.45) is 5.10 Å². The van der Waals surface area contributed by atoms with E-state index in [-0.39, 0.29) is 15.8 Å². The van der Waals surface area contributed by atoms with E-state index >= 15 is 0 Å². The van der Waals surface area contributed by atoms with Gasteiger partial charge in [-0.05, 0) is 41.5 Å². The maximum absolute atomic E-state index is 12.9. The summed E-state index contributed by atoms with van der Waals surface area (Å²) in [5.74, 6) is 0.541. The number of pyridine rings is 1. The number of benzene rings is 2. The van der Waals surface area contributed by atoms with Crippen LogP contribution in [0, 0.1) is 0 Å². The van der Waals surface area contributed by atoms with E-state index in [0.717, 1.165) is 16.7 Å². The van der Waals surface area contributed by atoms with Crippen molar-refractivity contribution in [1.29, 1.82) is 0 Å². The minimum Gasteiger partial charge on any atom is -0.481 e. The minimum absolute atomic E-state index is 0.138. The Bertz CT molecular complexity index is 1180. The Morgan fingerprint density at radius 3 is 2.52 bits per heavy atom. The van der Waals surface area contributed by atoms with Gasteiger partial charge in [-0.1, -0.05) is 24.3 Å². The van der Waals surface area contributed by atoms with Crippen molar-refractivity contribution in [3.05, 3.63) is 83.6 Å². The van der Waals surface area contributed by atoms with Gasteiger partial charge in [0.15, 0.2) is 0 Å². The summed E-state index contributed by atoms with van der Waals surface area (Å²) < 4.78 is 36.4. The molecule has 1 aliphatic rings. The highest BCUT2D eigenvalue weighted by atomic mass is 32.2. The van der Waals surface area contributed by atoms with Crippen molar-refractivity contribution in [3.8, 4) is 5.88 Å². The molecular weight excluding hydrogens is 414 g/mol. The van der Waals surface area contributed by atoms with E-state index in [0.29, 0.717) is 19.0 Å². The Morgan fingerprint density at radius 2 is 1.84 bits per heavy atom. The molecule has 3 aromatic rings. The van der Waals surface area contributed by atoms with E-state index in [1.54, 1.807) is 75.2 Å². The Hall–Kier alpha value is -3.23. The molecule has 0 amide bonds. The molecule has 4 rings (SSSR count). The van der Waals surface area contributed by atoms with Crippen molar-refractivity contribution >= 4 is 16.1 Å². The molecule has 0 radical (unpaired) electrons. The van der Waals surface area contributed by atoms with E-state index in [1.165, 1.54) is 0 Å². The van der Waals surface area contributed by atoms with E-state index in [9.17, 15) is 8.42 Å². The van der Waals surface area contributed by atoms with Gasteiger partial charge in [0.05, 0.1) is 42.3 Å². The van der Waals surface area contributed by atoms with Crippen molar-refractivity contribution in [2.75, 3.05) is 20.8 Å². The highest BCUT2D eigenvalue weighted by molar-refractivity contribution is 7.91. The quantitative estimate of drug-likeness (QED) is 0.563. The summed E-state index contributed by atoms with van der Waals surface area (Å²) in [5.41, 5.74) is 2.73. The molecule has 0 fully saturated rings. The van der Waals surface area contributed by atoms with Crippen LogP contribution in [0.1, 0.15) is 22.7 Å². The number of sulfone groups is 1. The lowest BCUT2D eigenvalue weighted by Crippen LogP contribution is -2.30. The summed E-state index contributed by atoms with van der Waals surface area (Å²) in [6, 6.07) is 17.2. The van der Waals surface area contributed by atoms with Crippen LogP contribution in [-0.4, -0.2) is 45.5 Å². The second-order valence-electron chi connectivity index (χ2n) is 7.12. The number of hydrogen-bond acceptors (Lipinski definition) is 7. The molecule has 0 aliphatic carbocycles. The molecule has 1 aromatic heterocycles. The van der Waals surface area contributed by atoms with Crippen LogP contribution in [0.25, 0.3) is 0 Å². The molecule has 0 saturated carbocycles. The van der Waals surface area contributed by atoms with Crippen LogP contribution >= 0.6 is 0 Å². The summed E-state index contributed by atoms with van der Waals surface area (Å²) in [6.45, 7) is 0.957. The van der Waals surface area contributed by atoms with Crippen LogP contribution in [0.3, 0.4) is 0 Å². The molecule has 0 bridgehead atoms. The number of hydrogen-bond donors (Lipinski definition) is 0. The largest absolute Gasteiger partial charge is 0.481 e. The fourth-order valence-corrected chi connectivity index (χ4v) is 4.82. The van der Waals surface area contributed by atoms with Crippen molar-refractivity contribution in [2.45, 2.75) is 22.4 Å². The smallest absolute Gasteiger partial charge is 0.212 e. The SMILES string of the molecule is COCC(c1ccc(OC)nc1)N1Cc2ccc(S(=O)(=O)c3ccccc3)cc2C=N1. The third kappa shape index (κ3) is 4.30. The van der Waals surface area contributed by atoms with Crippen molar-refractivity contribution < 1.29 is 17.9 Å². The second kappa shape index (κ2) is 8.87. The molecule has 31 heavy (non-hydrogen) atoms. The number of ether oxygens (including phenoxy) is 2. The van der Waals surface area contributed by atoms with Gasteiger partial charge in [0.1, 0.15) is 0 Å². The van der Waals surface area contributed by atoms with Gasteiger partial charge in [0, 0.05) is 24.9 Å². The van der Waals surface area contributed by atoms with Gasteiger partial charge >= 0.3 is 0 Å². The zero-order chi connectivity index (χ0) is 21.8. The van der Waals surface area contributed by atoms with E-state index in [2.05, 4.69) is 10.1 Å². The lowest BCUT2D eigenvalue weighted by molar-refractivity contribution is 0.0860. The third-order valence-corrected chi connectivity index (χ3v) is 6.96. The molecule has 160 valence electrons. The lowest BCUT2D eigenvalue weighted by Gasteiger charge is -2.32. The molecule has 8 heteroatoms. The highest BCUT2D eigenvalue weighted by Crippen LogP contribution is 2.29. The molecule has 1 aliphatic heterocycles. The average Bonchev–Trinajstić information content (AvgIpc) is 2.82. The monoisotopic (exact) mass is 437 g/mol. The predicted octanol–water partition coefficient (Wildman–Crippen LogP) is 3.46. The Kier molecular flexibility index (Phi) is 6.01. The number of aromatic nitrogens is 1. The van der Waals surface area contributed by atoms with Crippen LogP contribution in [0.15, 0.2) is 81.8 Å². The number of nitrogens with zero attached hydrogens (tertiary/aromatic N) is 3. The minimum atomic E-state index is -3.58. The average molecular weight is 438 g/mol. The van der Waals surface area contributed by atoms with Crippen molar-refractivity contribution in [1.82, 2.24) is 9.99 Å². The first-order valence-corrected chi connectivity index (χ1v) is 11.2. The van der Waals surface area contributed by atoms with Crippen LogP contribution < -0.4 is 4.74 Å². The van der Waals surface area contributed by atoms with Gasteiger partial charge in [-0.3, -0.25) is 5.01 Å². The normalized spacial score (nSPS) is 14.2. The standard InChI is InChI=1S/C23H23N3O4S/c1-29-16-22(17-9-11-23(30-2)24-13-17)26-15-18-8-10-21(12-19(18)14-25-26)31(27,28)20-6-4-3-5-7-20/h3-14,22H,15-16H2,1-2H3. The summed E-state index contributed by atoms with van der Waals surface area (Å²) in [4.78, 5) is 4.81. The highest BCUT2D eigenvalue weighted by Gasteiger charge is 2.25. The van der Waals surface area contributed by atoms with Gasteiger partial charge in [-0.2, -0.15) is 5.10 Å². The van der Waals surface area contributed by atoms with Crippen LogP contribution in [0.5, 0.6) is 5.88 Å².